The molecule has 1 saturated carbocycles. The molecule has 2 N–H and O–H groups in total. The quantitative estimate of drug-likeness (QED) is 0.837. The molecule has 1 unspecified atom stereocenters. The van der Waals surface area contributed by atoms with E-state index in [1.807, 2.05) is 0 Å². The standard InChI is InChI=1S/C18H29N/c1-5-15-8-10-16(11-9-15)18(4,19)17-12-13(2)6-7-14(17)3/h6-7,12,15-16H,5,8-11,19H2,1-4H3. The molecule has 0 bridgehead atoms. The summed E-state index contributed by atoms with van der Waals surface area (Å²) in [6.45, 7) is 8.91. The van der Waals surface area contributed by atoms with Gasteiger partial charge in [-0.05, 0) is 56.6 Å². The summed E-state index contributed by atoms with van der Waals surface area (Å²) in [5.74, 6) is 1.57. The van der Waals surface area contributed by atoms with Crippen molar-refractivity contribution < 1.29 is 0 Å². The maximum absolute atomic E-state index is 6.77. The summed E-state index contributed by atoms with van der Waals surface area (Å²) in [5.41, 5.74) is 10.6. The predicted molar refractivity (Wildman–Crippen MR) is 83.2 cm³/mol. The average Bonchev–Trinajstić information content (AvgIpc) is 2.41. The molecule has 0 saturated heterocycles. The van der Waals surface area contributed by atoms with E-state index in [2.05, 4.69) is 45.9 Å². The second-order valence-electron chi connectivity index (χ2n) is 6.73. The molecule has 0 spiro atoms. The first-order valence-electron chi connectivity index (χ1n) is 7.81. The lowest BCUT2D eigenvalue weighted by atomic mass is 9.69. The van der Waals surface area contributed by atoms with Crippen LogP contribution in [0, 0.1) is 25.7 Å². The van der Waals surface area contributed by atoms with Crippen molar-refractivity contribution in [1.29, 1.82) is 0 Å². The highest BCUT2D eigenvalue weighted by atomic mass is 14.8. The van der Waals surface area contributed by atoms with Gasteiger partial charge in [-0.25, -0.2) is 0 Å². The first kappa shape index (κ1) is 14.6. The third kappa shape index (κ3) is 3.02. The van der Waals surface area contributed by atoms with Crippen LogP contribution in [0.3, 0.4) is 0 Å². The van der Waals surface area contributed by atoms with Crippen molar-refractivity contribution in [3.8, 4) is 0 Å². The van der Waals surface area contributed by atoms with Gasteiger partial charge in [0.15, 0.2) is 0 Å². The fourth-order valence-corrected chi connectivity index (χ4v) is 3.71. The molecule has 1 aromatic rings. The van der Waals surface area contributed by atoms with E-state index in [1.165, 1.54) is 48.8 Å². The van der Waals surface area contributed by atoms with Crippen molar-refractivity contribution in [3.63, 3.8) is 0 Å². The number of hydrogen-bond donors (Lipinski definition) is 1. The van der Waals surface area contributed by atoms with Crippen LogP contribution in [0.1, 0.15) is 62.6 Å². The second-order valence-corrected chi connectivity index (χ2v) is 6.73. The van der Waals surface area contributed by atoms with E-state index in [0.29, 0.717) is 5.92 Å². The molecular formula is C18H29N. The first-order valence-corrected chi connectivity index (χ1v) is 7.81. The summed E-state index contributed by atoms with van der Waals surface area (Å²) in [7, 11) is 0. The highest BCUT2D eigenvalue weighted by Crippen LogP contribution is 2.41. The Kier molecular flexibility index (Phi) is 4.35. The fourth-order valence-electron chi connectivity index (χ4n) is 3.71. The van der Waals surface area contributed by atoms with Crippen LogP contribution in [0.4, 0.5) is 0 Å². The van der Waals surface area contributed by atoms with E-state index in [1.54, 1.807) is 0 Å². The van der Waals surface area contributed by atoms with Crippen molar-refractivity contribution in [1.82, 2.24) is 0 Å². The third-order valence-corrected chi connectivity index (χ3v) is 5.25. The largest absolute Gasteiger partial charge is 0.321 e. The molecule has 0 amide bonds. The van der Waals surface area contributed by atoms with Gasteiger partial charge < -0.3 is 5.73 Å². The van der Waals surface area contributed by atoms with E-state index < -0.39 is 0 Å². The molecule has 106 valence electrons. The summed E-state index contributed by atoms with van der Waals surface area (Å²) < 4.78 is 0. The van der Waals surface area contributed by atoms with Crippen LogP contribution in [0.2, 0.25) is 0 Å². The average molecular weight is 259 g/mol. The molecule has 19 heavy (non-hydrogen) atoms. The molecule has 2 rings (SSSR count). The zero-order valence-corrected chi connectivity index (χ0v) is 13.0. The number of rotatable bonds is 3. The van der Waals surface area contributed by atoms with Gasteiger partial charge in [0.1, 0.15) is 0 Å². The second kappa shape index (κ2) is 5.66. The van der Waals surface area contributed by atoms with Crippen molar-refractivity contribution in [2.45, 2.75) is 65.3 Å². The Morgan fingerprint density at radius 2 is 1.79 bits per heavy atom. The van der Waals surface area contributed by atoms with E-state index in [4.69, 9.17) is 5.73 Å². The van der Waals surface area contributed by atoms with Crippen LogP contribution in [0.25, 0.3) is 0 Å². The first-order chi connectivity index (χ1) is 8.95. The SMILES string of the molecule is CCC1CCC(C(C)(N)c2cc(C)ccc2C)CC1. The van der Waals surface area contributed by atoms with Crippen LogP contribution in [0.15, 0.2) is 18.2 Å². The number of hydrogen-bond acceptors (Lipinski definition) is 1. The van der Waals surface area contributed by atoms with E-state index >= 15 is 0 Å². The molecular weight excluding hydrogens is 230 g/mol. The smallest absolute Gasteiger partial charge is 0.0412 e. The Labute approximate surface area is 118 Å². The number of benzene rings is 1. The summed E-state index contributed by atoms with van der Waals surface area (Å²) in [6, 6.07) is 6.69. The summed E-state index contributed by atoms with van der Waals surface area (Å²) in [5, 5.41) is 0. The summed E-state index contributed by atoms with van der Waals surface area (Å²) >= 11 is 0. The van der Waals surface area contributed by atoms with Crippen LogP contribution in [0.5, 0.6) is 0 Å². The van der Waals surface area contributed by atoms with Gasteiger partial charge in [-0.3, -0.25) is 0 Å². The monoisotopic (exact) mass is 259 g/mol. The topological polar surface area (TPSA) is 26.0 Å². The van der Waals surface area contributed by atoms with Crippen LogP contribution >= 0.6 is 0 Å². The van der Waals surface area contributed by atoms with Crippen LogP contribution in [-0.2, 0) is 5.54 Å². The molecule has 1 aliphatic rings. The van der Waals surface area contributed by atoms with Crippen molar-refractivity contribution in [2.75, 3.05) is 0 Å². The van der Waals surface area contributed by atoms with Gasteiger partial charge >= 0.3 is 0 Å². The molecule has 0 aromatic heterocycles. The molecule has 0 aliphatic heterocycles. The highest BCUT2D eigenvalue weighted by Gasteiger charge is 2.35. The van der Waals surface area contributed by atoms with E-state index in [0.717, 1.165) is 5.92 Å². The minimum absolute atomic E-state index is 0.172. The fraction of sp³-hybridized carbons (Fsp3) is 0.667. The highest BCUT2D eigenvalue weighted by molar-refractivity contribution is 5.36. The molecule has 1 aromatic carbocycles. The Morgan fingerprint density at radius 1 is 1.16 bits per heavy atom. The molecule has 0 heterocycles. The molecule has 1 atom stereocenters. The Morgan fingerprint density at radius 3 is 2.37 bits per heavy atom. The zero-order chi connectivity index (χ0) is 14.0. The number of nitrogens with two attached hydrogens (primary N) is 1. The Hall–Kier alpha value is -0.820. The van der Waals surface area contributed by atoms with Gasteiger partial charge in [0.25, 0.3) is 0 Å². The molecule has 1 fully saturated rings. The molecule has 0 radical (unpaired) electrons. The van der Waals surface area contributed by atoms with Crippen molar-refractivity contribution >= 4 is 0 Å². The minimum Gasteiger partial charge on any atom is -0.321 e. The van der Waals surface area contributed by atoms with Crippen LogP contribution < -0.4 is 5.73 Å². The molecule has 1 nitrogen and oxygen atoms in total. The third-order valence-electron chi connectivity index (χ3n) is 5.25. The Balaban J connectivity index is 2.20. The lowest BCUT2D eigenvalue weighted by molar-refractivity contribution is 0.182. The lowest BCUT2D eigenvalue weighted by Crippen LogP contribution is -2.43. The lowest BCUT2D eigenvalue weighted by Gasteiger charge is -2.40. The Bertz CT molecular complexity index is 425. The van der Waals surface area contributed by atoms with Gasteiger partial charge in [0.05, 0.1) is 0 Å². The normalized spacial score (nSPS) is 27.0. The van der Waals surface area contributed by atoms with Gasteiger partial charge in [0, 0.05) is 5.54 Å². The van der Waals surface area contributed by atoms with Gasteiger partial charge in [-0.2, -0.15) is 0 Å². The summed E-state index contributed by atoms with van der Waals surface area (Å²) in [6.07, 6.45) is 6.63. The van der Waals surface area contributed by atoms with Gasteiger partial charge in [-0.1, -0.05) is 49.9 Å². The maximum atomic E-state index is 6.77. The molecule has 1 heteroatoms. The van der Waals surface area contributed by atoms with Crippen LogP contribution in [-0.4, -0.2) is 0 Å². The number of aryl methyl sites for hydroxylation is 2. The molecule has 1 aliphatic carbocycles. The van der Waals surface area contributed by atoms with E-state index in [9.17, 15) is 0 Å². The predicted octanol–water partition coefficient (Wildman–Crippen LogP) is 4.69. The zero-order valence-electron chi connectivity index (χ0n) is 13.0. The van der Waals surface area contributed by atoms with E-state index in [-0.39, 0.29) is 5.54 Å². The van der Waals surface area contributed by atoms with Gasteiger partial charge in [-0.15, -0.1) is 0 Å². The maximum Gasteiger partial charge on any atom is 0.0412 e. The van der Waals surface area contributed by atoms with Gasteiger partial charge in [0.2, 0.25) is 0 Å². The minimum atomic E-state index is -0.172. The summed E-state index contributed by atoms with van der Waals surface area (Å²) in [4.78, 5) is 0. The van der Waals surface area contributed by atoms with Crippen molar-refractivity contribution in [3.05, 3.63) is 34.9 Å². The van der Waals surface area contributed by atoms with Crippen molar-refractivity contribution in [2.24, 2.45) is 17.6 Å².